The van der Waals surface area contributed by atoms with E-state index < -0.39 is 24.2 Å². The second kappa shape index (κ2) is 4.04. The standard InChI is InChI=1S/C8H14F3NO2/c9-8(10,11)7(13,5-12)6-1-3-14-4-2-6/h6,13H,1-5,12H2. The van der Waals surface area contributed by atoms with Gasteiger partial charge in [0.1, 0.15) is 0 Å². The Labute approximate surface area is 80.0 Å². The van der Waals surface area contributed by atoms with Crippen LogP contribution in [0.15, 0.2) is 0 Å². The molecule has 6 heteroatoms. The molecule has 0 aromatic heterocycles. The van der Waals surface area contributed by atoms with Crippen LogP contribution in [0, 0.1) is 5.92 Å². The van der Waals surface area contributed by atoms with Crippen LogP contribution in [-0.4, -0.2) is 36.6 Å². The summed E-state index contributed by atoms with van der Waals surface area (Å²) in [6.45, 7) is -0.284. The Morgan fingerprint density at radius 1 is 1.29 bits per heavy atom. The zero-order valence-electron chi connectivity index (χ0n) is 7.68. The Balaban J connectivity index is 2.77. The first kappa shape index (κ1) is 11.7. The number of hydrogen-bond donors (Lipinski definition) is 2. The van der Waals surface area contributed by atoms with E-state index in [0.717, 1.165) is 0 Å². The molecule has 1 heterocycles. The maximum Gasteiger partial charge on any atom is 0.418 e. The van der Waals surface area contributed by atoms with Gasteiger partial charge in [-0.2, -0.15) is 13.2 Å². The van der Waals surface area contributed by atoms with Gasteiger partial charge in [-0.3, -0.25) is 0 Å². The van der Waals surface area contributed by atoms with E-state index in [9.17, 15) is 18.3 Å². The molecule has 0 aromatic rings. The fourth-order valence-corrected chi connectivity index (χ4v) is 1.69. The third-order valence-corrected chi connectivity index (χ3v) is 2.70. The predicted octanol–water partition coefficient (Wildman–Crippen LogP) is 0.665. The molecular weight excluding hydrogens is 199 g/mol. The normalized spacial score (nSPS) is 24.6. The maximum absolute atomic E-state index is 12.5. The fraction of sp³-hybridized carbons (Fsp3) is 1.00. The molecule has 1 rings (SSSR count). The van der Waals surface area contributed by atoms with Crippen molar-refractivity contribution in [1.82, 2.24) is 0 Å². The van der Waals surface area contributed by atoms with Gasteiger partial charge in [0.15, 0.2) is 5.60 Å². The number of rotatable bonds is 2. The lowest BCUT2D eigenvalue weighted by molar-refractivity contribution is -0.281. The van der Waals surface area contributed by atoms with Crippen LogP contribution in [0.4, 0.5) is 13.2 Å². The van der Waals surface area contributed by atoms with Crippen molar-refractivity contribution >= 4 is 0 Å². The van der Waals surface area contributed by atoms with Gasteiger partial charge in [-0.15, -0.1) is 0 Å². The minimum Gasteiger partial charge on any atom is -0.381 e. The van der Waals surface area contributed by atoms with Gasteiger partial charge in [-0.05, 0) is 12.8 Å². The minimum atomic E-state index is -4.66. The molecule has 0 aromatic carbocycles. The van der Waals surface area contributed by atoms with Crippen molar-refractivity contribution in [3.8, 4) is 0 Å². The molecule has 84 valence electrons. The number of nitrogens with two attached hydrogens (primary N) is 1. The van der Waals surface area contributed by atoms with E-state index in [-0.39, 0.29) is 26.1 Å². The van der Waals surface area contributed by atoms with E-state index >= 15 is 0 Å². The van der Waals surface area contributed by atoms with Crippen LogP contribution in [0.2, 0.25) is 0 Å². The van der Waals surface area contributed by atoms with Crippen LogP contribution in [0.25, 0.3) is 0 Å². The summed E-state index contributed by atoms with van der Waals surface area (Å²) in [6.07, 6.45) is -4.26. The molecule has 1 aliphatic heterocycles. The lowest BCUT2D eigenvalue weighted by Gasteiger charge is -2.38. The third kappa shape index (κ3) is 2.02. The first-order valence-corrected chi connectivity index (χ1v) is 4.48. The molecule has 0 bridgehead atoms. The first-order valence-electron chi connectivity index (χ1n) is 4.48. The Morgan fingerprint density at radius 2 is 1.79 bits per heavy atom. The van der Waals surface area contributed by atoms with E-state index in [4.69, 9.17) is 10.5 Å². The molecule has 1 unspecified atom stereocenters. The van der Waals surface area contributed by atoms with E-state index in [1.54, 1.807) is 0 Å². The lowest BCUT2D eigenvalue weighted by Crippen LogP contribution is -2.57. The van der Waals surface area contributed by atoms with Crippen LogP contribution >= 0.6 is 0 Å². The van der Waals surface area contributed by atoms with Gasteiger partial charge < -0.3 is 15.6 Å². The number of alkyl halides is 3. The second-order valence-corrected chi connectivity index (χ2v) is 3.51. The molecule has 3 N–H and O–H groups in total. The van der Waals surface area contributed by atoms with E-state index in [1.165, 1.54) is 0 Å². The summed E-state index contributed by atoms with van der Waals surface area (Å²) in [4.78, 5) is 0. The van der Waals surface area contributed by atoms with Crippen molar-refractivity contribution in [2.45, 2.75) is 24.6 Å². The number of hydrogen-bond acceptors (Lipinski definition) is 3. The van der Waals surface area contributed by atoms with Crippen LogP contribution in [-0.2, 0) is 4.74 Å². The Bertz CT molecular complexity index is 192. The smallest absolute Gasteiger partial charge is 0.381 e. The van der Waals surface area contributed by atoms with E-state index in [2.05, 4.69) is 0 Å². The maximum atomic E-state index is 12.5. The highest BCUT2D eigenvalue weighted by molar-refractivity contribution is 4.94. The van der Waals surface area contributed by atoms with Gasteiger partial charge in [0.05, 0.1) is 0 Å². The number of aliphatic hydroxyl groups is 1. The van der Waals surface area contributed by atoms with Crippen molar-refractivity contribution in [1.29, 1.82) is 0 Å². The zero-order valence-corrected chi connectivity index (χ0v) is 7.68. The minimum absolute atomic E-state index is 0.202. The molecular formula is C8H14F3NO2. The van der Waals surface area contributed by atoms with Crippen molar-refractivity contribution in [3.63, 3.8) is 0 Å². The Morgan fingerprint density at radius 3 is 2.14 bits per heavy atom. The third-order valence-electron chi connectivity index (χ3n) is 2.70. The Kier molecular flexibility index (Phi) is 3.39. The number of halogens is 3. The summed E-state index contributed by atoms with van der Waals surface area (Å²) in [5.41, 5.74) is 2.26. The highest BCUT2D eigenvalue weighted by Gasteiger charge is 2.57. The van der Waals surface area contributed by atoms with Crippen molar-refractivity contribution in [2.75, 3.05) is 19.8 Å². The quantitative estimate of drug-likeness (QED) is 0.708. The van der Waals surface area contributed by atoms with Crippen LogP contribution in [0.1, 0.15) is 12.8 Å². The van der Waals surface area contributed by atoms with Crippen molar-refractivity contribution < 1.29 is 23.0 Å². The van der Waals surface area contributed by atoms with Gasteiger partial charge >= 0.3 is 6.18 Å². The molecule has 0 aliphatic carbocycles. The highest BCUT2D eigenvalue weighted by Crippen LogP contribution is 2.39. The van der Waals surface area contributed by atoms with Crippen molar-refractivity contribution in [2.24, 2.45) is 11.7 Å². The Hall–Kier alpha value is -0.330. The van der Waals surface area contributed by atoms with Crippen LogP contribution in [0.5, 0.6) is 0 Å². The first-order chi connectivity index (χ1) is 6.42. The number of ether oxygens (including phenoxy) is 1. The largest absolute Gasteiger partial charge is 0.418 e. The molecule has 0 saturated carbocycles. The summed E-state index contributed by atoms with van der Waals surface area (Å²) >= 11 is 0. The summed E-state index contributed by atoms with van der Waals surface area (Å²) in [5, 5.41) is 9.48. The summed E-state index contributed by atoms with van der Waals surface area (Å²) in [5.74, 6) is -0.846. The van der Waals surface area contributed by atoms with Gasteiger partial charge in [0, 0.05) is 25.7 Å². The van der Waals surface area contributed by atoms with Gasteiger partial charge in [-0.1, -0.05) is 0 Å². The lowest BCUT2D eigenvalue weighted by atomic mass is 9.81. The average Bonchev–Trinajstić information content (AvgIpc) is 2.16. The molecule has 3 nitrogen and oxygen atoms in total. The van der Waals surface area contributed by atoms with Crippen molar-refractivity contribution in [3.05, 3.63) is 0 Å². The van der Waals surface area contributed by atoms with E-state index in [1.807, 2.05) is 0 Å². The molecule has 0 spiro atoms. The molecule has 0 amide bonds. The predicted molar refractivity (Wildman–Crippen MR) is 43.6 cm³/mol. The monoisotopic (exact) mass is 213 g/mol. The van der Waals surface area contributed by atoms with Gasteiger partial charge in [0.25, 0.3) is 0 Å². The molecule has 14 heavy (non-hydrogen) atoms. The van der Waals surface area contributed by atoms with Gasteiger partial charge in [0.2, 0.25) is 0 Å². The fourth-order valence-electron chi connectivity index (χ4n) is 1.69. The topological polar surface area (TPSA) is 55.5 Å². The molecule has 0 radical (unpaired) electrons. The summed E-state index contributed by atoms with van der Waals surface area (Å²) < 4.78 is 42.5. The average molecular weight is 213 g/mol. The van der Waals surface area contributed by atoms with Crippen LogP contribution in [0.3, 0.4) is 0 Å². The van der Waals surface area contributed by atoms with Crippen LogP contribution < -0.4 is 5.73 Å². The zero-order chi connectivity index (χ0) is 10.8. The van der Waals surface area contributed by atoms with Gasteiger partial charge in [-0.25, -0.2) is 0 Å². The molecule has 1 aliphatic rings. The highest BCUT2D eigenvalue weighted by atomic mass is 19.4. The SMILES string of the molecule is NCC(O)(C1CCOCC1)C(F)(F)F. The van der Waals surface area contributed by atoms with E-state index in [0.29, 0.717) is 0 Å². The molecule has 1 saturated heterocycles. The second-order valence-electron chi connectivity index (χ2n) is 3.51. The summed E-state index contributed by atoms with van der Waals surface area (Å²) in [7, 11) is 0. The molecule has 1 atom stereocenters. The molecule has 1 fully saturated rings. The summed E-state index contributed by atoms with van der Waals surface area (Å²) in [6, 6.07) is 0.